The van der Waals surface area contributed by atoms with E-state index in [1.807, 2.05) is 0 Å². The molecule has 0 fully saturated rings. The van der Waals surface area contributed by atoms with Crippen LogP contribution >= 0.6 is 0 Å². The van der Waals surface area contributed by atoms with Crippen molar-refractivity contribution in [1.82, 2.24) is 9.13 Å². The van der Waals surface area contributed by atoms with E-state index in [2.05, 4.69) is 205 Å². The van der Waals surface area contributed by atoms with Crippen molar-refractivity contribution < 1.29 is 0 Å². The maximum Gasteiger partial charge on any atom is 0.0543 e. The van der Waals surface area contributed by atoms with E-state index in [4.69, 9.17) is 6.58 Å². The lowest BCUT2D eigenvalue weighted by molar-refractivity contribution is 0.687. The topological polar surface area (TPSA) is 9.86 Å². The van der Waals surface area contributed by atoms with Crippen molar-refractivity contribution in [2.24, 2.45) is 0 Å². The molecule has 2 heterocycles. The first-order valence-corrected chi connectivity index (χ1v) is 19.6. The third-order valence-corrected chi connectivity index (χ3v) is 12.4. The Morgan fingerprint density at radius 3 is 1.71 bits per heavy atom. The number of hydrogen-bond acceptors (Lipinski definition) is 0. The minimum absolute atomic E-state index is 0.315. The molecule has 10 aromatic rings. The molecule has 2 aromatic heterocycles. The molecule has 0 radical (unpaired) electrons. The molecule has 0 saturated carbocycles. The lowest BCUT2D eigenvalue weighted by Crippen LogP contribution is -2.22. The lowest BCUT2D eigenvalue weighted by Gasteiger charge is -2.32. The third-order valence-electron chi connectivity index (χ3n) is 12.4. The van der Waals surface area contributed by atoms with Crippen LogP contribution in [0.3, 0.4) is 0 Å². The zero-order valence-corrected chi connectivity index (χ0v) is 31.6. The predicted molar refractivity (Wildman–Crippen MR) is 239 cm³/mol. The maximum absolute atomic E-state index is 4.77. The SMILES string of the molecule is C=C1c2ccccc2/C=C\Cc2c(cc(-n3c4ccccc4c4cc(-c5ccc6c(c5)c5ccccc5n6-c5ccccc5)ccc43)c3ccccc23)C1(C)C. The molecule has 56 heavy (non-hydrogen) atoms. The van der Waals surface area contributed by atoms with E-state index in [0.717, 1.165) is 12.0 Å². The van der Waals surface area contributed by atoms with E-state index in [9.17, 15) is 0 Å². The Bertz CT molecular complexity index is 3260. The Morgan fingerprint density at radius 2 is 1.02 bits per heavy atom. The lowest BCUT2D eigenvalue weighted by atomic mass is 9.72. The molecule has 0 amide bonds. The van der Waals surface area contributed by atoms with Crippen LogP contribution in [0.25, 0.3) is 88.5 Å². The van der Waals surface area contributed by atoms with Crippen LogP contribution in [0.5, 0.6) is 0 Å². The summed E-state index contributed by atoms with van der Waals surface area (Å²) < 4.78 is 4.88. The van der Waals surface area contributed by atoms with Crippen molar-refractivity contribution in [2.75, 3.05) is 0 Å². The highest BCUT2D eigenvalue weighted by Gasteiger charge is 2.31. The Labute approximate surface area is 326 Å². The Morgan fingerprint density at radius 1 is 0.482 bits per heavy atom. The molecule has 1 aliphatic carbocycles. The fourth-order valence-electron chi connectivity index (χ4n) is 9.52. The van der Waals surface area contributed by atoms with Gasteiger partial charge < -0.3 is 9.13 Å². The number of aromatic nitrogens is 2. The van der Waals surface area contributed by atoms with Gasteiger partial charge in [0.2, 0.25) is 0 Å². The van der Waals surface area contributed by atoms with Gasteiger partial charge in [0.25, 0.3) is 0 Å². The van der Waals surface area contributed by atoms with Gasteiger partial charge in [-0.15, -0.1) is 0 Å². The second-order valence-corrected chi connectivity index (χ2v) is 15.8. The number of fused-ring (bicyclic) bond motifs is 10. The van der Waals surface area contributed by atoms with Gasteiger partial charge in [0.1, 0.15) is 0 Å². The molecule has 1 aliphatic rings. The van der Waals surface area contributed by atoms with Crippen LogP contribution < -0.4 is 0 Å². The van der Waals surface area contributed by atoms with Gasteiger partial charge in [0, 0.05) is 38.0 Å². The van der Waals surface area contributed by atoms with Gasteiger partial charge in [-0.2, -0.15) is 0 Å². The second kappa shape index (κ2) is 12.3. The average Bonchev–Trinajstić information content (AvgIpc) is 3.76. The van der Waals surface area contributed by atoms with Gasteiger partial charge in [-0.25, -0.2) is 0 Å². The number of rotatable bonds is 3. The van der Waals surface area contributed by atoms with Crippen LogP contribution in [0.4, 0.5) is 0 Å². The van der Waals surface area contributed by atoms with Gasteiger partial charge in [-0.05, 0) is 105 Å². The highest BCUT2D eigenvalue weighted by Crippen LogP contribution is 2.46. The number of para-hydroxylation sites is 3. The van der Waals surface area contributed by atoms with Crippen molar-refractivity contribution in [3.63, 3.8) is 0 Å². The Hall–Kier alpha value is -6.90. The molecule has 0 unspecified atom stereocenters. The highest BCUT2D eigenvalue weighted by molar-refractivity contribution is 6.13. The normalized spacial score (nSPS) is 14.5. The van der Waals surface area contributed by atoms with Crippen molar-refractivity contribution in [2.45, 2.75) is 25.7 Å². The van der Waals surface area contributed by atoms with E-state index in [-0.39, 0.29) is 5.41 Å². The van der Waals surface area contributed by atoms with Crippen molar-refractivity contribution in [3.05, 3.63) is 205 Å². The molecule has 0 spiro atoms. The molecule has 2 heteroatoms. The summed E-state index contributed by atoms with van der Waals surface area (Å²) in [5, 5.41) is 7.57. The quantitative estimate of drug-likeness (QED) is 0.172. The molecule has 0 atom stereocenters. The molecule has 2 nitrogen and oxygen atoms in total. The number of benzene rings is 8. The first kappa shape index (κ1) is 32.5. The first-order chi connectivity index (χ1) is 27.5. The molecule has 0 saturated heterocycles. The molecule has 11 rings (SSSR count). The fraction of sp³-hybridized carbons (Fsp3) is 0.0741. The van der Waals surface area contributed by atoms with Gasteiger partial charge in [0.05, 0.1) is 27.8 Å². The average molecular weight is 717 g/mol. The Kier molecular flexibility index (Phi) is 7.15. The van der Waals surface area contributed by atoms with Crippen molar-refractivity contribution in [3.8, 4) is 22.5 Å². The summed E-state index contributed by atoms with van der Waals surface area (Å²) in [5.41, 5.74) is 15.6. The predicted octanol–water partition coefficient (Wildman–Crippen LogP) is 14.3. The summed E-state index contributed by atoms with van der Waals surface area (Å²) in [4.78, 5) is 0. The third kappa shape index (κ3) is 4.75. The summed E-state index contributed by atoms with van der Waals surface area (Å²) >= 11 is 0. The second-order valence-electron chi connectivity index (χ2n) is 15.8. The summed E-state index contributed by atoms with van der Waals surface area (Å²) in [5.74, 6) is 0. The van der Waals surface area contributed by atoms with Crippen LogP contribution in [-0.4, -0.2) is 9.13 Å². The minimum atomic E-state index is -0.315. The minimum Gasteiger partial charge on any atom is -0.309 e. The first-order valence-electron chi connectivity index (χ1n) is 19.6. The molecular formula is C54H40N2. The van der Waals surface area contributed by atoms with Crippen molar-refractivity contribution >= 4 is 66.0 Å². The molecule has 8 aromatic carbocycles. The fourth-order valence-corrected chi connectivity index (χ4v) is 9.52. The number of allylic oxidation sites excluding steroid dienone is 2. The van der Waals surface area contributed by atoms with E-state index < -0.39 is 0 Å². The highest BCUT2D eigenvalue weighted by atomic mass is 15.0. The monoisotopic (exact) mass is 716 g/mol. The zero-order valence-electron chi connectivity index (χ0n) is 31.6. The number of nitrogens with zero attached hydrogens (tertiary/aromatic N) is 2. The van der Waals surface area contributed by atoms with Crippen LogP contribution in [-0.2, 0) is 11.8 Å². The zero-order chi connectivity index (χ0) is 37.5. The standard InChI is InChI=1S/C54H40N2/c1-35-40-20-8-7-16-36(40)17-15-25-42-41-21-9-10-22-43(41)53(34-48(42)54(35,2)3)56-50-27-14-12-24-45(50)47-33-38(29-31-52(47)56)37-28-30-51-46(32-37)44-23-11-13-26-49(44)55(51)39-18-5-4-6-19-39/h4-24,26-34H,1,25H2,2-3H3/b17-15-. The van der Waals surface area contributed by atoms with E-state index in [0.29, 0.717) is 0 Å². The molecular weight excluding hydrogens is 677 g/mol. The Balaban J connectivity index is 1.13. The summed E-state index contributed by atoms with van der Waals surface area (Å²) in [7, 11) is 0. The van der Waals surface area contributed by atoms with Crippen LogP contribution in [0.15, 0.2) is 183 Å². The smallest absolute Gasteiger partial charge is 0.0543 e. The van der Waals surface area contributed by atoms with Crippen molar-refractivity contribution in [1.29, 1.82) is 0 Å². The van der Waals surface area contributed by atoms with Crippen LogP contribution in [0, 0.1) is 0 Å². The van der Waals surface area contributed by atoms with Gasteiger partial charge in [0.15, 0.2) is 0 Å². The van der Waals surface area contributed by atoms with E-state index in [1.165, 1.54) is 99.1 Å². The summed E-state index contributed by atoms with van der Waals surface area (Å²) in [6, 6.07) is 62.5. The summed E-state index contributed by atoms with van der Waals surface area (Å²) in [6.07, 6.45) is 5.46. The van der Waals surface area contributed by atoms with E-state index >= 15 is 0 Å². The largest absolute Gasteiger partial charge is 0.309 e. The maximum atomic E-state index is 4.77. The van der Waals surface area contributed by atoms with Crippen LogP contribution in [0.2, 0.25) is 0 Å². The molecule has 266 valence electrons. The molecule has 0 aliphatic heterocycles. The van der Waals surface area contributed by atoms with E-state index in [1.54, 1.807) is 0 Å². The molecule has 0 bridgehead atoms. The van der Waals surface area contributed by atoms with Gasteiger partial charge >= 0.3 is 0 Å². The molecule has 0 N–H and O–H groups in total. The summed E-state index contributed by atoms with van der Waals surface area (Å²) in [6.45, 7) is 9.47. The van der Waals surface area contributed by atoms with Crippen LogP contribution in [0.1, 0.15) is 36.1 Å². The van der Waals surface area contributed by atoms with Gasteiger partial charge in [-0.1, -0.05) is 148 Å². The van der Waals surface area contributed by atoms with Gasteiger partial charge in [-0.3, -0.25) is 0 Å². The number of hydrogen-bond donors (Lipinski definition) is 0.